The molecule has 138 valence electrons. The third-order valence-corrected chi connectivity index (χ3v) is 4.59. The first kappa shape index (κ1) is 17.3. The van der Waals surface area contributed by atoms with Crippen LogP contribution in [0, 0.1) is 0 Å². The molecule has 5 nitrogen and oxygen atoms in total. The van der Waals surface area contributed by atoms with Gasteiger partial charge in [0.2, 0.25) is 0 Å². The number of aromatic nitrogens is 3. The van der Waals surface area contributed by atoms with Crippen molar-refractivity contribution in [3.63, 3.8) is 0 Å². The maximum atomic E-state index is 12.8. The summed E-state index contributed by atoms with van der Waals surface area (Å²) < 4.78 is 39.9. The molecular weight excluding hydrogens is 357 g/mol. The van der Waals surface area contributed by atoms with Gasteiger partial charge in [0.15, 0.2) is 0 Å². The van der Waals surface area contributed by atoms with Crippen molar-refractivity contribution in [1.29, 1.82) is 0 Å². The monoisotopic (exact) mass is 372 g/mol. The Morgan fingerprint density at radius 2 is 1.96 bits per heavy atom. The van der Waals surface area contributed by atoms with Gasteiger partial charge in [-0.1, -0.05) is 24.3 Å². The summed E-state index contributed by atoms with van der Waals surface area (Å²) in [4.78, 5) is 16.1. The van der Waals surface area contributed by atoms with E-state index in [1.807, 2.05) is 24.3 Å². The van der Waals surface area contributed by atoms with E-state index in [4.69, 9.17) is 0 Å². The van der Waals surface area contributed by atoms with Crippen LogP contribution in [0.25, 0.3) is 11.3 Å². The van der Waals surface area contributed by atoms with Gasteiger partial charge in [0.25, 0.3) is 5.91 Å². The molecule has 2 aromatic heterocycles. The van der Waals surface area contributed by atoms with E-state index >= 15 is 0 Å². The topological polar surface area (TPSA) is 59.8 Å². The van der Waals surface area contributed by atoms with Gasteiger partial charge in [-0.25, -0.2) is 0 Å². The molecule has 1 aliphatic rings. The van der Waals surface area contributed by atoms with E-state index < -0.39 is 17.8 Å². The second-order valence-electron chi connectivity index (χ2n) is 6.34. The summed E-state index contributed by atoms with van der Waals surface area (Å²) in [6, 6.07) is 10.0. The van der Waals surface area contributed by atoms with Gasteiger partial charge in [-0.05, 0) is 30.5 Å². The molecule has 1 aromatic carbocycles. The van der Waals surface area contributed by atoms with Gasteiger partial charge < -0.3 is 5.32 Å². The Labute approximate surface area is 152 Å². The summed E-state index contributed by atoms with van der Waals surface area (Å²) in [6.45, 7) is 0. The summed E-state index contributed by atoms with van der Waals surface area (Å²) in [7, 11) is 1.66. The van der Waals surface area contributed by atoms with Gasteiger partial charge in [0.05, 0.1) is 5.69 Å². The first-order valence-corrected chi connectivity index (χ1v) is 8.33. The molecule has 0 saturated carbocycles. The van der Waals surface area contributed by atoms with Crippen molar-refractivity contribution in [3.05, 3.63) is 65.1 Å². The SMILES string of the molecule is Cn1nc2c(c1C(=O)Nc1ccnc(C(F)(F)F)c1)CCc1ccccc1-2. The number of alkyl halides is 3. The quantitative estimate of drug-likeness (QED) is 0.743. The molecule has 0 spiro atoms. The molecule has 4 rings (SSSR count). The molecule has 0 unspecified atom stereocenters. The summed E-state index contributed by atoms with van der Waals surface area (Å²) in [5.41, 5.74) is 3.03. The minimum absolute atomic E-state index is 0.0356. The van der Waals surface area contributed by atoms with Crippen LogP contribution >= 0.6 is 0 Å². The molecule has 0 radical (unpaired) electrons. The largest absolute Gasteiger partial charge is 0.433 e. The predicted molar refractivity (Wildman–Crippen MR) is 93.2 cm³/mol. The van der Waals surface area contributed by atoms with Crippen molar-refractivity contribution < 1.29 is 18.0 Å². The van der Waals surface area contributed by atoms with Crippen LogP contribution in [0.15, 0.2) is 42.6 Å². The van der Waals surface area contributed by atoms with Gasteiger partial charge in [0, 0.05) is 30.1 Å². The molecule has 3 aromatic rings. The van der Waals surface area contributed by atoms with Gasteiger partial charge >= 0.3 is 6.18 Å². The smallest absolute Gasteiger partial charge is 0.321 e. The van der Waals surface area contributed by atoms with E-state index in [1.54, 1.807) is 7.05 Å². The number of pyridine rings is 1. The molecular formula is C19H15F3N4O. The molecule has 1 aliphatic carbocycles. The lowest BCUT2D eigenvalue weighted by Crippen LogP contribution is -2.19. The second kappa shape index (κ2) is 6.22. The summed E-state index contributed by atoms with van der Waals surface area (Å²) in [5, 5.41) is 7.01. The number of anilines is 1. The second-order valence-corrected chi connectivity index (χ2v) is 6.34. The van der Waals surface area contributed by atoms with Crippen molar-refractivity contribution in [1.82, 2.24) is 14.8 Å². The van der Waals surface area contributed by atoms with E-state index in [0.717, 1.165) is 35.5 Å². The standard InChI is InChI=1S/C19H15F3N4O/c1-26-17(14-7-6-11-4-2-3-5-13(11)16(14)25-26)18(27)24-12-8-9-23-15(10-12)19(20,21)22/h2-5,8-10H,6-7H2,1H3,(H,23,24,27). The highest BCUT2D eigenvalue weighted by molar-refractivity contribution is 6.05. The number of hydrogen-bond donors (Lipinski definition) is 1. The maximum absolute atomic E-state index is 12.8. The Hall–Kier alpha value is -3.16. The fourth-order valence-electron chi connectivity index (χ4n) is 3.39. The van der Waals surface area contributed by atoms with Crippen molar-refractivity contribution >= 4 is 11.6 Å². The zero-order valence-electron chi connectivity index (χ0n) is 14.3. The summed E-state index contributed by atoms with van der Waals surface area (Å²) in [6.07, 6.45) is -2.13. The molecule has 1 N–H and O–H groups in total. The number of nitrogens with zero attached hydrogens (tertiary/aromatic N) is 3. The normalized spacial score (nSPS) is 13.0. The van der Waals surface area contributed by atoms with Crippen LogP contribution in [0.1, 0.15) is 27.3 Å². The van der Waals surface area contributed by atoms with Crippen molar-refractivity contribution in [2.45, 2.75) is 19.0 Å². The number of aryl methyl sites for hydroxylation is 2. The van der Waals surface area contributed by atoms with Crippen LogP contribution in [0.5, 0.6) is 0 Å². The average Bonchev–Trinajstić information content (AvgIpc) is 2.97. The Kier molecular flexibility index (Phi) is 3.98. The maximum Gasteiger partial charge on any atom is 0.433 e. The van der Waals surface area contributed by atoms with E-state index in [-0.39, 0.29) is 5.69 Å². The highest BCUT2D eigenvalue weighted by atomic mass is 19.4. The van der Waals surface area contributed by atoms with Crippen LogP contribution in [-0.2, 0) is 26.1 Å². The van der Waals surface area contributed by atoms with Crippen LogP contribution in [0.3, 0.4) is 0 Å². The Morgan fingerprint density at radius 3 is 2.74 bits per heavy atom. The van der Waals surface area contributed by atoms with Crippen molar-refractivity contribution in [3.8, 4) is 11.3 Å². The van der Waals surface area contributed by atoms with E-state index in [9.17, 15) is 18.0 Å². The summed E-state index contributed by atoms with van der Waals surface area (Å²) >= 11 is 0. The van der Waals surface area contributed by atoms with Crippen LogP contribution in [0.4, 0.5) is 18.9 Å². The first-order valence-electron chi connectivity index (χ1n) is 8.33. The fraction of sp³-hybridized carbons (Fsp3) is 0.211. The molecule has 8 heteroatoms. The molecule has 27 heavy (non-hydrogen) atoms. The summed E-state index contributed by atoms with van der Waals surface area (Å²) in [5.74, 6) is -0.495. The first-order chi connectivity index (χ1) is 12.8. The lowest BCUT2D eigenvalue weighted by molar-refractivity contribution is -0.141. The number of benzene rings is 1. The number of carbonyl (C=O) groups is 1. The minimum Gasteiger partial charge on any atom is -0.321 e. The minimum atomic E-state index is -4.57. The van der Waals surface area contributed by atoms with Crippen LogP contribution in [0.2, 0.25) is 0 Å². The third kappa shape index (κ3) is 3.07. The van der Waals surface area contributed by atoms with Crippen LogP contribution < -0.4 is 5.32 Å². The predicted octanol–water partition coefficient (Wildman–Crippen LogP) is 3.85. The van der Waals surface area contributed by atoms with Crippen molar-refractivity contribution in [2.24, 2.45) is 7.05 Å². The number of fused-ring (bicyclic) bond motifs is 3. The molecule has 0 atom stereocenters. The number of amides is 1. The highest BCUT2D eigenvalue weighted by Crippen LogP contribution is 2.34. The van der Waals surface area contributed by atoms with Gasteiger partial charge in [0.1, 0.15) is 11.4 Å². The fourth-order valence-corrected chi connectivity index (χ4v) is 3.39. The van der Waals surface area contributed by atoms with Gasteiger partial charge in [-0.15, -0.1) is 0 Å². The molecule has 0 aliphatic heterocycles. The third-order valence-electron chi connectivity index (χ3n) is 4.59. The number of nitrogens with one attached hydrogen (secondary N) is 1. The van der Waals surface area contributed by atoms with Crippen LogP contribution in [-0.4, -0.2) is 20.7 Å². The van der Waals surface area contributed by atoms with Crippen molar-refractivity contribution in [2.75, 3.05) is 5.32 Å². The average molecular weight is 372 g/mol. The lowest BCUT2D eigenvalue weighted by atomic mass is 9.89. The Morgan fingerprint density at radius 1 is 1.19 bits per heavy atom. The molecule has 2 heterocycles. The number of hydrogen-bond acceptors (Lipinski definition) is 3. The van der Waals surface area contributed by atoms with E-state index in [1.165, 1.54) is 16.3 Å². The number of halogens is 3. The molecule has 0 fully saturated rings. The number of carbonyl (C=O) groups excluding carboxylic acids is 1. The van der Waals surface area contributed by atoms with Gasteiger partial charge in [-0.2, -0.15) is 18.3 Å². The van der Waals surface area contributed by atoms with Gasteiger partial charge in [-0.3, -0.25) is 14.5 Å². The molecule has 0 saturated heterocycles. The van der Waals surface area contributed by atoms with E-state index in [0.29, 0.717) is 12.1 Å². The Bertz CT molecular complexity index is 1040. The zero-order valence-corrected chi connectivity index (χ0v) is 14.3. The Balaban J connectivity index is 1.68. The van der Waals surface area contributed by atoms with E-state index in [2.05, 4.69) is 15.4 Å². The highest BCUT2D eigenvalue weighted by Gasteiger charge is 2.33. The molecule has 1 amide bonds. The zero-order chi connectivity index (χ0) is 19.2. The number of rotatable bonds is 2. The lowest BCUT2D eigenvalue weighted by Gasteiger charge is -2.15. The molecule has 0 bridgehead atoms.